The quantitative estimate of drug-likeness (QED) is 0.471. The van der Waals surface area contributed by atoms with Crippen LogP contribution in [0.25, 0.3) is 0 Å². The Morgan fingerprint density at radius 2 is 2.00 bits per heavy atom. The molecular formula is C5H9Br2N2O2-. The van der Waals surface area contributed by atoms with Crippen LogP contribution in [0.4, 0.5) is 4.79 Å². The van der Waals surface area contributed by atoms with E-state index in [4.69, 9.17) is 0 Å². The minimum absolute atomic E-state index is 0. The molecule has 1 heterocycles. The van der Waals surface area contributed by atoms with Gasteiger partial charge in [0.25, 0.3) is 5.91 Å². The maximum Gasteiger partial charge on any atom is 0.420 e. The lowest BCUT2D eigenvalue weighted by molar-refractivity contribution is -0.570. The molecule has 1 saturated heterocycles. The smallest absolute Gasteiger partial charge is 0.420 e. The van der Waals surface area contributed by atoms with Crippen molar-refractivity contribution in [2.75, 3.05) is 0 Å². The van der Waals surface area contributed by atoms with Gasteiger partial charge in [-0.15, -0.1) is 0 Å². The van der Waals surface area contributed by atoms with E-state index < -0.39 is 0 Å². The summed E-state index contributed by atoms with van der Waals surface area (Å²) < 4.78 is 0. The van der Waals surface area contributed by atoms with Gasteiger partial charge in [-0.25, -0.2) is 10.1 Å². The molecule has 1 unspecified atom stereocenters. The predicted octanol–water partition coefficient (Wildman–Crippen LogP) is -7.41. The molecule has 0 aromatic carbocycles. The van der Waals surface area contributed by atoms with Crippen molar-refractivity contribution in [3.05, 3.63) is 0 Å². The van der Waals surface area contributed by atoms with Gasteiger partial charge in [0.15, 0.2) is 6.04 Å². The van der Waals surface area contributed by atoms with E-state index in [0.717, 1.165) is 0 Å². The van der Waals surface area contributed by atoms with Crippen molar-refractivity contribution in [1.29, 1.82) is 0 Å². The Balaban J connectivity index is 0. The minimum atomic E-state index is -0.258. The van der Waals surface area contributed by atoms with E-state index in [0.29, 0.717) is 6.42 Å². The number of nitrogens with one attached hydrogen (secondary N) is 1. The van der Waals surface area contributed by atoms with Crippen LogP contribution in [0.1, 0.15) is 13.3 Å². The van der Waals surface area contributed by atoms with Crippen LogP contribution >= 0.6 is 0 Å². The summed E-state index contributed by atoms with van der Waals surface area (Å²) in [7, 11) is 0. The highest BCUT2D eigenvalue weighted by molar-refractivity contribution is 5.97. The van der Waals surface area contributed by atoms with Gasteiger partial charge in [0.05, 0.1) is 0 Å². The Morgan fingerprint density at radius 1 is 1.45 bits per heavy atom. The van der Waals surface area contributed by atoms with Crippen molar-refractivity contribution in [2.24, 2.45) is 0 Å². The summed E-state index contributed by atoms with van der Waals surface area (Å²) in [5.74, 6) is -0.164. The first-order valence-electron chi connectivity index (χ1n) is 2.93. The molecule has 0 radical (unpaired) electrons. The predicted molar refractivity (Wildman–Crippen MR) is 29.5 cm³/mol. The largest absolute Gasteiger partial charge is 1.00 e. The average Bonchev–Trinajstić information content (AvgIpc) is 2.10. The number of amides is 3. The van der Waals surface area contributed by atoms with Crippen LogP contribution in [0, 0.1) is 0 Å². The third-order valence-corrected chi connectivity index (χ3v) is 1.38. The molecule has 4 nitrogen and oxygen atoms in total. The third-order valence-electron chi connectivity index (χ3n) is 1.38. The fraction of sp³-hybridized carbons (Fsp3) is 0.600. The van der Waals surface area contributed by atoms with Crippen LogP contribution < -0.4 is 44.6 Å². The van der Waals surface area contributed by atoms with Gasteiger partial charge in [-0.1, -0.05) is 6.92 Å². The number of primary amides is 1. The Hall–Kier alpha value is 0.0600. The van der Waals surface area contributed by atoms with Gasteiger partial charge in [0, 0.05) is 6.42 Å². The number of imide groups is 1. The lowest BCUT2D eigenvalue weighted by Gasteiger charge is -1.93. The van der Waals surface area contributed by atoms with Gasteiger partial charge in [-0.05, 0) is 0 Å². The highest BCUT2D eigenvalue weighted by Gasteiger charge is 2.32. The zero-order valence-corrected chi connectivity index (χ0v) is 9.11. The monoisotopic (exact) mass is 287 g/mol. The number of hydrogen-bond donors (Lipinski definition) is 2. The number of quaternary nitrogens is 1. The number of nitrogens with two attached hydrogens (primary N) is 1. The summed E-state index contributed by atoms with van der Waals surface area (Å²) in [5, 5.41) is 3.60. The van der Waals surface area contributed by atoms with E-state index >= 15 is 0 Å². The molecule has 1 aliphatic heterocycles. The van der Waals surface area contributed by atoms with Gasteiger partial charge in [-0.2, -0.15) is 0 Å². The maximum atomic E-state index is 10.7. The summed E-state index contributed by atoms with van der Waals surface area (Å²) >= 11 is 0. The molecule has 0 spiro atoms. The molecule has 0 aliphatic carbocycles. The summed E-state index contributed by atoms with van der Waals surface area (Å²) in [5.41, 5.74) is 0. The number of hydrogen-bond acceptors (Lipinski definition) is 2. The lowest BCUT2D eigenvalue weighted by Crippen LogP contribution is -3.00. The summed E-state index contributed by atoms with van der Waals surface area (Å²) in [6.45, 7) is 1.87. The van der Waals surface area contributed by atoms with Crippen molar-refractivity contribution >= 4 is 11.9 Å². The molecule has 66 valence electrons. The number of carbonyl (C=O) groups excluding carboxylic acids is 2. The molecule has 1 rings (SSSR count). The van der Waals surface area contributed by atoms with Crippen LogP contribution in [-0.2, 0) is 4.79 Å². The van der Waals surface area contributed by atoms with Crippen molar-refractivity contribution in [1.82, 2.24) is 5.32 Å². The fourth-order valence-electron chi connectivity index (χ4n) is 0.817. The highest BCUT2D eigenvalue weighted by atomic mass is 79.9. The van der Waals surface area contributed by atoms with Crippen LogP contribution in [0.3, 0.4) is 0 Å². The first-order valence-corrected chi connectivity index (χ1v) is 2.93. The van der Waals surface area contributed by atoms with Crippen molar-refractivity contribution < 1.29 is 48.9 Å². The Bertz CT molecular complexity index is 163. The molecule has 11 heavy (non-hydrogen) atoms. The molecule has 0 aromatic heterocycles. The summed E-state index contributed by atoms with van der Waals surface area (Å²) in [4.78, 5) is 21.1. The minimum Gasteiger partial charge on any atom is -1.00 e. The summed E-state index contributed by atoms with van der Waals surface area (Å²) in [6, 6.07) is -0.440. The first kappa shape index (κ1) is 13.6. The van der Waals surface area contributed by atoms with Crippen LogP contribution in [0.2, 0.25) is 0 Å². The van der Waals surface area contributed by atoms with Gasteiger partial charge in [0.1, 0.15) is 0 Å². The lowest BCUT2D eigenvalue weighted by atomic mass is 10.2. The zero-order chi connectivity index (χ0) is 6.85. The third kappa shape index (κ3) is 3.31. The van der Waals surface area contributed by atoms with Gasteiger partial charge in [0.2, 0.25) is 0 Å². The molecule has 3 N–H and O–H groups in total. The molecular weight excluding hydrogens is 280 g/mol. The van der Waals surface area contributed by atoms with E-state index in [1.165, 1.54) is 5.32 Å². The topological polar surface area (TPSA) is 62.8 Å². The van der Waals surface area contributed by atoms with Crippen molar-refractivity contribution in [3.8, 4) is 0 Å². The molecule has 0 bridgehead atoms. The maximum absolute atomic E-state index is 10.7. The second-order valence-corrected chi connectivity index (χ2v) is 2.03. The van der Waals surface area contributed by atoms with Gasteiger partial charge in [-0.3, -0.25) is 10.1 Å². The second-order valence-electron chi connectivity index (χ2n) is 2.03. The molecule has 1 aliphatic rings. The van der Waals surface area contributed by atoms with E-state index in [1.54, 1.807) is 0 Å². The Labute approximate surface area is 85.6 Å². The van der Waals surface area contributed by atoms with Gasteiger partial charge >= 0.3 is 6.03 Å². The van der Waals surface area contributed by atoms with Gasteiger partial charge < -0.3 is 34.0 Å². The standard InChI is InChI=1S/C5H8N2O2.2BrH/c1-2-3-4(8)7-5(9)6-3;;/h3H,2H2,1H3,(H2,6,7,8,9);2*1H/p-1. The van der Waals surface area contributed by atoms with E-state index in [1.807, 2.05) is 6.92 Å². The van der Waals surface area contributed by atoms with Crippen molar-refractivity contribution in [2.45, 2.75) is 19.4 Å². The molecule has 6 heteroatoms. The van der Waals surface area contributed by atoms with E-state index in [-0.39, 0.29) is 51.9 Å². The number of rotatable bonds is 1. The van der Waals surface area contributed by atoms with Crippen LogP contribution in [0.15, 0.2) is 0 Å². The highest BCUT2D eigenvalue weighted by Crippen LogP contribution is 1.87. The second kappa shape index (κ2) is 5.68. The molecule has 0 aromatic rings. The molecule has 3 amide bonds. The Morgan fingerprint density at radius 3 is 2.18 bits per heavy atom. The Kier molecular flexibility index (Phi) is 7.04. The number of urea groups is 1. The van der Waals surface area contributed by atoms with E-state index in [2.05, 4.69) is 5.32 Å². The first-order chi connectivity index (χ1) is 4.24. The zero-order valence-electron chi connectivity index (χ0n) is 5.93. The fourth-order valence-corrected chi connectivity index (χ4v) is 0.817. The number of halogens is 2. The summed E-state index contributed by atoms with van der Waals surface area (Å²) in [6.07, 6.45) is 0.706. The average molecular weight is 289 g/mol. The van der Waals surface area contributed by atoms with Crippen molar-refractivity contribution in [3.63, 3.8) is 0 Å². The number of carbonyl (C=O) groups is 2. The normalized spacial score (nSPS) is 21.7. The van der Waals surface area contributed by atoms with Crippen LogP contribution in [-0.4, -0.2) is 18.0 Å². The molecule has 1 atom stereocenters. The van der Waals surface area contributed by atoms with E-state index in [9.17, 15) is 9.59 Å². The SMILES string of the molecule is CCC1[NH2+]C(=O)NC1=O.[Br-].[Br-]. The molecule has 1 fully saturated rings. The van der Waals surface area contributed by atoms with Crippen LogP contribution in [0.5, 0.6) is 0 Å². The molecule has 0 saturated carbocycles.